The molecular formula is C24H21ClF2N4O3. The Balaban J connectivity index is 1.41. The molecule has 10 heteroatoms. The van der Waals surface area contributed by atoms with Crippen molar-refractivity contribution in [3.63, 3.8) is 0 Å². The topological polar surface area (TPSA) is 99.8 Å². The lowest BCUT2D eigenvalue weighted by molar-refractivity contribution is -0.0299. The summed E-state index contributed by atoms with van der Waals surface area (Å²) in [5.41, 5.74) is 5.72. The van der Waals surface area contributed by atoms with Gasteiger partial charge in [-0.05, 0) is 24.3 Å². The number of amides is 2. The lowest BCUT2D eigenvalue weighted by Crippen LogP contribution is -2.62. The Kier molecular flexibility index (Phi) is 5.31. The van der Waals surface area contributed by atoms with Crippen molar-refractivity contribution in [1.82, 2.24) is 14.8 Å². The standard InChI is InChI=1S/C24H21ClF2N4O3/c25-18-16(26)5-4-13-2-1-3-14(17(13)18)21-19(27)20(28)15(10-29-21)22(32)30-8-6-24(7-9-30)11-31(12-24)23(33)34/h1-5,10H,6-9,11-12H2,(H2,28,29)(H,33,34). The van der Waals surface area contributed by atoms with Gasteiger partial charge in [0, 0.05) is 48.7 Å². The molecule has 0 aliphatic carbocycles. The quantitative estimate of drug-likeness (QED) is 0.550. The van der Waals surface area contributed by atoms with Crippen molar-refractivity contribution in [3.05, 3.63) is 58.7 Å². The second-order valence-electron chi connectivity index (χ2n) is 8.94. The Hall–Kier alpha value is -3.46. The highest BCUT2D eigenvalue weighted by Crippen LogP contribution is 2.41. The number of pyridine rings is 1. The molecule has 2 aliphatic rings. The fourth-order valence-corrected chi connectivity index (χ4v) is 5.21. The number of carboxylic acid groups (broad SMARTS) is 1. The normalized spacial score (nSPS) is 17.1. The fraction of sp³-hybridized carbons (Fsp3) is 0.292. The molecule has 3 aromatic rings. The molecular weight excluding hydrogens is 466 g/mol. The first-order valence-electron chi connectivity index (χ1n) is 10.8. The number of anilines is 1. The number of aromatic nitrogens is 1. The van der Waals surface area contributed by atoms with Gasteiger partial charge in [-0.1, -0.05) is 35.9 Å². The van der Waals surface area contributed by atoms with Crippen molar-refractivity contribution in [3.8, 4) is 11.3 Å². The van der Waals surface area contributed by atoms with Crippen LogP contribution in [0.2, 0.25) is 5.02 Å². The second-order valence-corrected chi connectivity index (χ2v) is 9.32. The van der Waals surface area contributed by atoms with Crippen LogP contribution in [0.1, 0.15) is 23.2 Å². The third-order valence-corrected chi connectivity index (χ3v) is 7.28. The molecule has 2 fully saturated rings. The van der Waals surface area contributed by atoms with Crippen LogP contribution in [-0.2, 0) is 0 Å². The largest absolute Gasteiger partial charge is 0.465 e. The van der Waals surface area contributed by atoms with Gasteiger partial charge in [-0.3, -0.25) is 9.78 Å². The van der Waals surface area contributed by atoms with Gasteiger partial charge in [0.15, 0.2) is 5.82 Å². The molecule has 5 rings (SSSR count). The minimum atomic E-state index is -0.936. The zero-order valence-electron chi connectivity index (χ0n) is 18.0. The number of nitrogen functional groups attached to an aromatic ring is 1. The highest BCUT2D eigenvalue weighted by atomic mass is 35.5. The summed E-state index contributed by atoms with van der Waals surface area (Å²) in [6.45, 7) is 1.78. The van der Waals surface area contributed by atoms with Gasteiger partial charge in [0.2, 0.25) is 0 Å². The van der Waals surface area contributed by atoms with Crippen molar-refractivity contribution >= 4 is 40.1 Å². The number of hydrogen-bond donors (Lipinski definition) is 2. The fourth-order valence-electron chi connectivity index (χ4n) is 4.94. The lowest BCUT2D eigenvalue weighted by Gasteiger charge is -2.52. The van der Waals surface area contributed by atoms with Crippen LogP contribution in [0, 0.1) is 17.0 Å². The number of likely N-dealkylation sites (tertiary alicyclic amines) is 2. The number of halogens is 3. The van der Waals surface area contributed by atoms with Crippen molar-refractivity contribution in [2.75, 3.05) is 31.9 Å². The van der Waals surface area contributed by atoms with Crippen LogP contribution in [0.4, 0.5) is 19.3 Å². The highest BCUT2D eigenvalue weighted by Gasteiger charge is 2.47. The summed E-state index contributed by atoms with van der Waals surface area (Å²) in [5, 5.41) is 9.84. The third kappa shape index (κ3) is 3.51. The van der Waals surface area contributed by atoms with Crippen molar-refractivity contribution in [2.45, 2.75) is 12.8 Å². The molecule has 1 aromatic heterocycles. The predicted octanol–water partition coefficient (Wildman–Crippen LogP) is 4.63. The van der Waals surface area contributed by atoms with Crippen LogP contribution in [0.5, 0.6) is 0 Å². The van der Waals surface area contributed by atoms with E-state index in [0.29, 0.717) is 49.8 Å². The summed E-state index contributed by atoms with van der Waals surface area (Å²) in [6, 6.07) is 7.76. The maximum atomic E-state index is 15.4. The van der Waals surface area contributed by atoms with E-state index in [1.54, 1.807) is 29.2 Å². The van der Waals surface area contributed by atoms with Crippen molar-refractivity contribution in [1.29, 1.82) is 0 Å². The Morgan fingerprint density at radius 2 is 1.79 bits per heavy atom. The number of nitrogens with two attached hydrogens (primary N) is 1. The summed E-state index contributed by atoms with van der Waals surface area (Å²) in [7, 11) is 0. The molecule has 2 aliphatic heterocycles. The Morgan fingerprint density at radius 3 is 2.47 bits per heavy atom. The minimum absolute atomic E-state index is 0.0458. The van der Waals surface area contributed by atoms with Gasteiger partial charge in [-0.2, -0.15) is 0 Å². The average Bonchev–Trinajstić information content (AvgIpc) is 2.81. The summed E-state index contributed by atoms with van der Waals surface area (Å²) >= 11 is 6.17. The van der Waals surface area contributed by atoms with Gasteiger partial charge >= 0.3 is 6.09 Å². The van der Waals surface area contributed by atoms with Crippen LogP contribution in [-0.4, -0.2) is 58.1 Å². The molecule has 0 bridgehead atoms. The van der Waals surface area contributed by atoms with Gasteiger partial charge in [-0.15, -0.1) is 0 Å². The van der Waals surface area contributed by atoms with Gasteiger partial charge in [-0.25, -0.2) is 13.6 Å². The highest BCUT2D eigenvalue weighted by molar-refractivity contribution is 6.36. The number of rotatable bonds is 2. The molecule has 0 saturated carbocycles. The molecule has 34 heavy (non-hydrogen) atoms. The van der Waals surface area contributed by atoms with Crippen LogP contribution >= 0.6 is 11.6 Å². The predicted molar refractivity (Wildman–Crippen MR) is 124 cm³/mol. The van der Waals surface area contributed by atoms with Gasteiger partial charge in [0.05, 0.1) is 16.3 Å². The van der Waals surface area contributed by atoms with Crippen molar-refractivity contribution in [2.24, 2.45) is 5.41 Å². The monoisotopic (exact) mass is 486 g/mol. The second kappa shape index (κ2) is 8.09. The summed E-state index contributed by atoms with van der Waals surface area (Å²) < 4.78 is 29.5. The Bertz CT molecular complexity index is 1330. The molecule has 2 amide bonds. The maximum Gasteiger partial charge on any atom is 0.407 e. The molecule has 3 N–H and O–H groups in total. The van der Waals surface area contributed by atoms with E-state index < -0.39 is 23.6 Å². The van der Waals surface area contributed by atoms with E-state index in [2.05, 4.69) is 4.98 Å². The third-order valence-electron chi connectivity index (χ3n) is 6.91. The number of fused-ring (bicyclic) bond motifs is 1. The summed E-state index contributed by atoms with van der Waals surface area (Å²) in [5.74, 6) is -1.94. The van der Waals surface area contributed by atoms with Crippen LogP contribution in [0.25, 0.3) is 22.0 Å². The number of carbonyl (C=O) groups excluding carboxylic acids is 1. The Morgan fingerprint density at radius 1 is 1.09 bits per heavy atom. The van der Waals surface area contributed by atoms with Crippen LogP contribution in [0.15, 0.2) is 36.5 Å². The average molecular weight is 487 g/mol. The van der Waals surface area contributed by atoms with E-state index in [4.69, 9.17) is 22.4 Å². The van der Waals surface area contributed by atoms with E-state index in [-0.39, 0.29) is 32.9 Å². The van der Waals surface area contributed by atoms with Gasteiger partial charge in [0.25, 0.3) is 5.91 Å². The molecule has 2 aromatic carbocycles. The van der Waals surface area contributed by atoms with Crippen LogP contribution < -0.4 is 5.73 Å². The number of nitrogens with zero attached hydrogens (tertiary/aromatic N) is 3. The Labute approximate surface area is 198 Å². The lowest BCUT2D eigenvalue weighted by atomic mass is 9.72. The molecule has 176 valence electrons. The van der Waals surface area contributed by atoms with E-state index in [9.17, 15) is 14.0 Å². The molecule has 0 radical (unpaired) electrons. The van der Waals surface area contributed by atoms with E-state index in [1.807, 2.05) is 0 Å². The minimum Gasteiger partial charge on any atom is -0.465 e. The van der Waals surface area contributed by atoms with Gasteiger partial charge < -0.3 is 20.6 Å². The van der Waals surface area contributed by atoms with Gasteiger partial charge in [0.1, 0.15) is 11.5 Å². The molecule has 1 spiro atoms. The first-order chi connectivity index (χ1) is 16.2. The van der Waals surface area contributed by atoms with E-state index in [1.165, 1.54) is 17.2 Å². The molecule has 0 unspecified atom stereocenters. The van der Waals surface area contributed by atoms with E-state index >= 15 is 4.39 Å². The SMILES string of the molecule is Nc1c(C(=O)N2CCC3(CC2)CN(C(=O)O)C3)cnc(-c2cccc3ccc(F)c(Cl)c23)c1F. The zero-order valence-corrected chi connectivity index (χ0v) is 18.8. The molecule has 3 heterocycles. The first kappa shape index (κ1) is 22.3. The zero-order chi connectivity index (χ0) is 24.2. The van der Waals surface area contributed by atoms with Crippen LogP contribution in [0.3, 0.4) is 0 Å². The summed E-state index contributed by atoms with van der Waals surface area (Å²) in [6.07, 6.45) is 1.63. The summed E-state index contributed by atoms with van der Waals surface area (Å²) in [4.78, 5) is 31.3. The number of hydrogen-bond acceptors (Lipinski definition) is 4. The van der Waals surface area contributed by atoms with E-state index in [0.717, 1.165) is 0 Å². The number of carbonyl (C=O) groups is 2. The van der Waals surface area contributed by atoms with Crippen molar-refractivity contribution < 1.29 is 23.5 Å². The molecule has 0 atom stereocenters. The molecule has 7 nitrogen and oxygen atoms in total. The first-order valence-corrected chi connectivity index (χ1v) is 11.2. The number of piperidine rings is 1. The smallest absolute Gasteiger partial charge is 0.407 e. The maximum absolute atomic E-state index is 15.4. The number of benzene rings is 2. The molecule has 2 saturated heterocycles.